The lowest BCUT2D eigenvalue weighted by Gasteiger charge is -2.05. The molecule has 1 aromatic carbocycles. The average molecular weight is 275 g/mol. The predicted molar refractivity (Wildman–Crippen MR) is 74.0 cm³/mol. The van der Waals surface area contributed by atoms with Crippen LogP contribution in [0.25, 0.3) is 0 Å². The van der Waals surface area contributed by atoms with E-state index in [1.165, 1.54) is 22.9 Å². The molecule has 0 aliphatic heterocycles. The fraction of sp³-hybridized carbons (Fsp3) is 0.143. The second-order valence-corrected chi connectivity index (χ2v) is 5.46. The van der Waals surface area contributed by atoms with Gasteiger partial charge in [0, 0.05) is 4.90 Å². The highest BCUT2D eigenvalue weighted by molar-refractivity contribution is 7.99. The number of rotatable bonds is 2. The fourth-order valence-electron chi connectivity index (χ4n) is 1.49. The van der Waals surface area contributed by atoms with Gasteiger partial charge in [0.2, 0.25) is 0 Å². The lowest BCUT2D eigenvalue weighted by atomic mass is 10.1. The first kappa shape index (κ1) is 12.9. The van der Waals surface area contributed by atoms with Crippen molar-refractivity contribution in [3.63, 3.8) is 0 Å². The molecule has 2 rings (SSSR count). The molecule has 0 unspecified atom stereocenters. The molecule has 0 bridgehead atoms. The number of nitrogens with zero attached hydrogens (tertiary/aromatic N) is 2. The summed E-state index contributed by atoms with van der Waals surface area (Å²) in [4.78, 5) is 5.30. The summed E-state index contributed by atoms with van der Waals surface area (Å²) in [6.45, 7) is 4.15. The van der Waals surface area contributed by atoms with Crippen molar-refractivity contribution >= 4 is 23.4 Å². The first-order valence-electron chi connectivity index (χ1n) is 5.41. The Hall–Kier alpha value is -1.50. The van der Waals surface area contributed by atoms with Crippen molar-refractivity contribution in [1.29, 1.82) is 5.26 Å². The Kier molecular flexibility index (Phi) is 3.90. The molecule has 2 aromatic rings. The molecule has 0 amide bonds. The lowest BCUT2D eigenvalue weighted by molar-refractivity contribution is 1.12. The first-order valence-corrected chi connectivity index (χ1v) is 6.61. The third kappa shape index (κ3) is 3.04. The van der Waals surface area contributed by atoms with Gasteiger partial charge >= 0.3 is 0 Å². The van der Waals surface area contributed by atoms with E-state index in [2.05, 4.69) is 37.0 Å². The van der Waals surface area contributed by atoms with Crippen LogP contribution in [-0.2, 0) is 0 Å². The SMILES string of the molecule is Cc1ccc(Sc2cc(C#N)cc(Cl)n2)cc1C. The molecule has 0 saturated heterocycles. The van der Waals surface area contributed by atoms with Crippen molar-refractivity contribution in [3.05, 3.63) is 52.2 Å². The number of halogens is 1. The van der Waals surface area contributed by atoms with Crippen LogP contribution in [0, 0.1) is 25.2 Å². The summed E-state index contributed by atoms with van der Waals surface area (Å²) in [5, 5.41) is 9.97. The van der Waals surface area contributed by atoms with Crippen molar-refractivity contribution in [2.75, 3.05) is 0 Å². The van der Waals surface area contributed by atoms with Crippen LogP contribution in [-0.4, -0.2) is 4.98 Å². The van der Waals surface area contributed by atoms with Gasteiger partial charge in [0.15, 0.2) is 0 Å². The smallest absolute Gasteiger partial charge is 0.131 e. The Bertz CT molecular complexity index is 632. The van der Waals surface area contributed by atoms with Gasteiger partial charge in [0.25, 0.3) is 0 Å². The number of aromatic nitrogens is 1. The highest BCUT2D eigenvalue weighted by atomic mass is 35.5. The fourth-order valence-corrected chi connectivity index (χ4v) is 2.69. The highest BCUT2D eigenvalue weighted by Gasteiger charge is 2.04. The van der Waals surface area contributed by atoms with Crippen LogP contribution in [0.3, 0.4) is 0 Å². The van der Waals surface area contributed by atoms with E-state index in [9.17, 15) is 0 Å². The van der Waals surface area contributed by atoms with E-state index in [0.717, 1.165) is 9.92 Å². The molecule has 90 valence electrons. The molecule has 0 saturated carbocycles. The Morgan fingerprint density at radius 3 is 2.61 bits per heavy atom. The van der Waals surface area contributed by atoms with Crippen molar-refractivity contribution in [2.24, 2.45) is 0 Å². The van der Waals surface area contributed by atoms with Crippen LogP contribution in [0.15, 0.2) is 40.3 Å². The normalized spacial score (nSPS) is 10.1. The van der Waals surface area contributed by atoms with E-state index >= 15 is 0 Å². The number of aryl methyl sites for hydroxylation is 2. The Morgan fingerprint density at radius 1 is 1.17 bits per heavy atom. The summed E-state index contributed by atoms with van der Waals surface area (Å²) in [6.07, 6.45) is 0. The molecule has 0 radical (unpaired) electrons. The van der Waals surface area contributed by atoms with E-state index in [1.807, 2.05) is 6.07 Å². The Morgan fingerprint density at radius 2 is 1.94 bits per heavy atom. The van der Waals surface area contributed by atoms with E-state index in [4.69, 9.17) is 16.9 Å². The summed E-state index contributed by atoms with van der Waals surface area (Å²) in [7, 11) is 0. The maximum atomic E-state index is 8.89. The molecule has 0 spiro atoms. The number of hydrogen-bond acceptors (Lipinski definition) is 3. The molecule has 4 heteroatoms. The quantitative estimate of drug-likeness (QED) is 0.763. The van der Waals surface area contributed by atoms with Gasteiger partial charge in [-0.25, -0.2) is 4.98 Å². The van der Waals surface area contributed by atoms with Crippen LogP contribution in [0.2, 0.25) is 5.15 Å². The second kappa shape index (κ2) is 5.43. The first-order chi connectivity index (χ1) is 8.58. The van der Waals surface area contributed by atoms with Gasteiger partial charge in [0.1, 0.15) is 10.2 Å². The Balaban J connectivity index is 2.31. The maximum Gasteiger partial charge on any atom is 0.131 e. The lowest BCUT2D eigenvalue weighted by Crippen LogP contribution is -1.86. The number of hydrogen-bond donors (Lipinski definition) is 0. The zero-order chi connectivity index (χ0) is 13.1. The molecule has 0 N–H and O–H groups in total. The van der Waals surface area contributed by atoms with E-state index in [0.29, 0.717) is 10.7 Å². The third-order valence-corrected chi connectivity index (χ3v) is 3.70. The van der Waals surface area contributed by atoms with Crippen LogP contribution in [0.1, 0.15) is 16.7 Å². The monoisotopic (exact) mass is 274 g/mol. The number of benzene rings is 1. The predicted octanol–water partition coefficient (Wildman–Crippen LogP) is 4.37. The number of pyridine rings is 1. The summed E-state index contributed by atoms with van der Waals surface area (Å²) in [6, 6.07) is 11.6. The summed E-state index contributed by atoms with van der Waals surface area (Å²) >= 11 is 7.38. The summed E-state index contributed by atoms with van der Waals surface area (Å²) in [5.41, 5.74) is 3.03. The zero-order valence-corrected chi connectivity index (χ0v) is 11.6. The Labute approximate surface area is 116 Å². The van der Waals surface area contributed by atoms with Gasteiger partial charge in [0.05, 0.1) is 11.6 Å². The second-order valence-electron chi connectivity index (χ2n) is 3.98. The molecule has 0 fully saturated rings. The minimum atomic E-state index is 0.348. The molecule has 18 heavy (non-hydrogen) atoms. The summed E-state index contributed by atoms with van der Waals surface area (Å²) < 4.78 is 0. The maximum absolute atomic E-state index is 8.89. The van der Waals surface area contributed by atoms with Crippen molar-refractivity contribution in [1.82, 2.24) is 4.98 Å². The van der Waals surface area contributed by atoms with Crippen molar-refractivity contribution < 1.29 is 0 Å². The van der Waals surface area contributed by atoms with Gasteiger partial charge in [-0.15, -0.1) is 0 Å². The summed E-state index contributed by atoms with van der Waals surface area (Å²) in [5.74, 6) is 0. The number of nitriles is 1. The average Bonchev–Trinajstić information content (AvgIpc) is 2.33. The van der Waals surface area contributed by atoms with Crippen molar-refractivity contribution in [2.45, 2.75) is 23.8 Å². The van der Waals surface area contributed by atoms with Crippen LogP contribution in [0.5, 0.6) is 0 Å². The molecule has 1 aromatic heterocycles. The largest absolute Gasteiger partial charge is 0.229 e. The van der Waals surface area contributed by atoms with Crippen LogP contribution >= 0.6 is 23.4 Å². The van der Waals surface area contributed by atoms with Gasteiger partial charge in [-0.1, -0.05) is 29.4 Å². The van der Waals surface area contributed by atoms with Gasteiger partial charge < -0.3 is 0 Å². The molecular formula is C14H11ClN2S. The van der Waals surface area contributed by atoms with Gasteiger partial charge in [-0.2, -0.15) is 5.26 Å². The molecule has 2 nitrogen and oxygen atoms in total. The van der Waals surface area contributed by atoms with Gasteiger partial charge in [-0.05, 0) is 49.2 Å². The molecular weight excluding hydrogens is 264 g/mol. The minimum absolute atomic E-state index is 0.348. The van der Waals surface area contributed by atoms with E-state index in [-0.39, 0.29) is 0 Å². The molecule has 1 heterocycles. The molecule has 0 aliphatic carbocycles. The minimum Gasteiger partial charge on any atom is -0.229 e. The molecule has 0 aliphatic rings. The topological polar surface area (TPSA) is 36.7 Å². The molecule has 0 atom stereocenters. The highest BCUT2D eigenvalue weighted by Crippen LogP contribution is 2.29. The van der Waals surface area contributed by atoms with E-state index < -0.39 is 0 Å². The van der Waals surface area contributed by atoms with E-state index in [1.54, 1.807) is 12.1 Å². The van der Waals surface area contributed by atoms with Crippen molar-refractivity contribution in [3.8, 4) is 6.07 Å². The van der Waals surface area contributed by atoms with Crippen LogP contribution < -0.4 is 0 Å². The zero-order valence-electron chi connectivity index (χ0n) is 10.1. The standard InChI is InChI=1S/C14H11ClN2S/c1-9-3-4-12(5-10(9)2)18-14-7-11(8-16)6-13(15)17-14/h3-7H,1-2H3. The van der Waals surface area contributed by atoms with Crippen LogP contribution in [0.4, 0.5) is 0 Å². The van der Waals surface area contributed by atoms with Gasteiger partial charge in [-0.3, -0.25) is 0 Å². The third-order valence-electron chi connectivity index (χ3n) is 2.60.